The molecular formula is C25H16ClFO4. The van der Waals surface area contributed by atoms with E-state index in [-0.39, 0.29) is 16.6 Å². The number of benzene rings is 3. The second-order valence-electron chi connectivity index (χ2n) is 6.74. The summed E-state index contributed by atoms with van der Waals surface area (Å²) in [5, 5.41) is -0.0538. The number of ketones is 1. The number of furan rings is 1. The predicted molar refractivity (Wildman–Crippen MR) is 116 cm³/mol. The van der Waals surface area contributed by atoms with E-state index in [9.17, 15) is 14.0 Å². The fourth-order valence-corrected chi connectivity index (χ4v) is 3.20. The summed E-state index contributed by atoms with van der Waals surface area (Å²) in [6, 6.07) is 23.9. The fourth-order valence-electron chi connectivity index (χ4n) is 3.02. The molecule has 0 aliphatic rings. The lowest BCUT2D eigenvalue weighted by atomic mass is 10.0. The third-order valence-corrected chi connectivity index (χ3v) is 4.95. The van der Waals surface area contributed by atoms with Gasteiger partial charge in [0.25, 0.3) is 0 Å². The molecule has 0 radical (unpaired) electrons. The van der Waals surface area contributed by atoms with E-state index in [1.807, 2.05) is 42.5 Å². The number of halogens is 2. The minimum absolute atomic E-state index is 0.0538. The Kier molecular flexibility index (Phi) is 5.96. The summed E-state index contributed by atoms with van der Waals surface area (Å²) in [7, 11) is 0. The van der Waals surface area contributed by atoms with Crippen molar-refractivity contribution in [2.24, 2.45) is 0 Å². The van der Waals surface area contributed by atoms with E-state index in [1.165, 1.54) is 24.3 Å². The Labute approximate surface area is 182 Å². The van der Waals surface area contributed by atoms with Crippen LogP contribution in [0.3, 0.4) is 0 Å². The predicted octanol–water partition coefficient (Wildman–Crippen LogP) is 6.45. The quantitative estimate of drug-likeness (QED) is 0.258. The Morgan fingerprint density at radius 2 is 1.52 bits per heavy atom. The van der Waals surface area contributed by atoms with Gasteiger partial charge >= 0.3 is 5.97 Å². The van der Waals surface area contributed by atoms with E-state index in [0.29, 0.717) is 16.9 Å². The molecule has 4 aromatic rings. The molecule has 154 valence electrons. The Morgan fingerprint density at radius 1 is 0.839 bits per heavy atom. The zero-order valence-corrected chi connectivity index (χ0v) is 16.9. The van der Waals surface area contributed by atoms with Crippen molar-refractivity contribution in [2.45, 2.75) is 0 Å². The van der Waals surface area contributed by atoms with Gasteiger partial charge < -0.3 is 9.15 Å². The van der Waals surface area contributed by atoms with Gasteiger partial charge in [-0.2, -0.15) is 0 Å². The highest BCUT2D eigenvalue weighted by atomic mass is 35.5. The molecule has 1 heterocycles. The van der Waals surface area contributed by atoms with Crippen LogP contribution in [0.1, 0.15) is 20.9 Å². The number of hydrogen-bond donors (Lipinski definition) is 0. The Morgan fingerprint density at radius 3 is 2.23 bits per heavy atom. The van der Waals surface area contributed by atoms with Gasteiger partial charge in [0.1, 0.15) is 11.6 Å². The standard InChI is InChI=1S/C25H16ClFO4/c26-20-14-19(10-11-21(20)27)23-12-13-24(31-23)25(29)30-15-22(28)18-8-6-17(7-9-18)16-4-2-1-3-5-16/h1-14H,15H2. The van der Waals surface area contributed by atoms with Crippen LogP contribution >= 0.6 is 11.6 Å². The molecule has 1 aromatic heterocycles. The van der Waals surface area contributed by atoms with Crippen molar-refractivity contribution in [2.75, 3.05) is 6.61 Å². The normalized spacial score (nSPS) is 10.6. The molecule has 0 amide bonds. The maximum absolute atomic E-state index is 13.3. The van der Waals surface area contributed by atoms with Crippen LogP contribution in [0.5, 0.6) is 0 Å². The molecule has 0 atom stereocenters. The lowest BCUT2D eigenvalue weighted by Crippen LogP contribution is -2.13. The van der Waals surface area contributed by atoms with Crippen LogP contribution in [0.25, 0.3) is 22.5 Å². The summed E-state index contributed by atoms with van der Waals surface area (Å²) < 4.78 is 23.8. The van der Waals surface area contributed by atoms with Crippen molar-refractivity contribution in [3.63, 3.8) is 0 Å². The molecule has 0 saturated carbocycles. The van der Waals surface area contributed by atoms with Gasteiger partial charge in [0.2, 0.25) is 5.76 Å². The molecular weight excluding hydrogens is 419 g/mol. The molecule has 0 saturated heterocycles. The van der Waals surface area contributed by atoms with Gasteiger partial charge in [0.15, 0.2) is 12.4 Å². The SMILES string of the molecule is O=C(COC(=O)c1ccc(-c2ccc(F)c(Cl)c2)o1)c1ccc(-c2ccccc2)cc1. The molecule has 0 spiro atoms. The van der Waals surface area contributed by atoms with E-state index in [4.69, 9.17) is 20.8 Å². The van der Waals surface area contributed by atoms with Crippen LogP contribution in [0.2, 0.25) is 5.02 Å². The van der Waals surface area contributed by atoms with Gasteiger partial charge in [0.05, 0.1) is 5.02 Å². The number of Topliss-reactive ketones (excluding diaryl/α,β-unsaturated/α-hetero) is 1. The molecule has 3 aromatic carbocycles. The Hall–Kier alpha value is -3.70. The number of carbonyl (C=O) groups is 2. The second-order valence-corrected chi connectivity index (χ2v) is 7.14. The topological polar surface area (TPSA) is 56.5 Å². The molecule has 0 N–H and O–H groups in total. The summed E-state index contributed by atoms with van der Waals surface area (Å²) in [6.45, 7) is -0.415. The first kappa shape index (κ1) is 20.6. The summed E-state index contributed by atoms with van der Waals surface area (Å²) in [6.07, 6.45) is 0. The van der Waals surface area contributed by atoms with E-state index < -0.39 is 18.4 Å². The lowest BCUT2D eigenvalue weighted by molar-refractivity contribution is 0.0445. The van der Waals surface area contributed by atoms with Gasteiger partial charge in [0, 0.05) is 11.1 Å². The van der Waals surface area contributed by atoms with Crippen LogP contribution in [-0.4, -0.2) is 18.4 Å². The summed E-state index contributed by atoms with van der Waals surface area (Å²) in [5.41, 5.74) is 2.98. The molecule has 0 fully saturated rings. The third-order valence-electron chi connectivity index (χ3n) is 4.66. The van der Waals surface area contributed by atoms with Gasteiger partial charge in [-0.05, 0) is 41.5 Å². The average molecular weight is 435 g/mol. The zero-order valence-electron chi connectivity index (χ0n) is 16.2. The Balaban J connectivity index is 1.38. The molecule has 4 rings (SSSR count). The maximum Gasteiger partial charge on any atom is 0.374 e. The maximum atomic E-state index is 13.3. The average Bonchev–Trinajstić information content (AvgIpc) is 3.30. The molecule has 0 aliphatic carbocycles. The number of ether oxygens (including phenoxy) is 1. The highest BCUT2D eigenvalue weighted by Crippen LogP contribution is 2.27. The van der Waals surface area contributed by atoms with Crippen molar-refractivity contribution in [1.29, 1.82) is 0 Å². The van der Waals surface area contributed by atoms with Crippen molar-refractivity contribution in [1.82, 2.24) is 0 Å². The smallest absolute Gasteiger partial charge is 0.374 e. The van der Waals surface area contributed by atoms with Crippen molar-refractivity contribution >= 4 is 23.4 Å². The first-order valence-corrected chi connectivity index (χ1v) is 9.80. The fraction of sp³-hybridized carbons (Fsp3) is 0.0400. The molecule has 0 bridgehead atoms. The van der Waals surface area contributed by atoms with Gasteiger partial charge in [-0.3, -0.25) is 4.79 Å². The minimum Gasteiger partial charge on any atom is -0.451 e. The first-order valence-electron chi connectivity index (χ1n) is 9.42. The van der Waals surface area contributed by atoms with E-state index >= 15 is 0 Å². The second kappa shape index (κ2) is 8.98. The number of hydrogen-bond acceptors (Lipinski definition) is 4. The monoisotopic (exact) mass is 434 g/mol. The number of rotatable bonds is 6. The van der Waals surface area contributed by atoms with E-state index in [2.05, 4.69) is 0 Å². The minimum atomic E-state index is -0.770. The first-order chi connectivity index (χ1) is 15.0. The largest absolute Gasteiger partial charge is 0.451 e. The van der Waals surface area contributed by atoms with Crippen molar-refractivity contribution in [3.05, 3.63) is 107 Å². The number of carbonyl (C=O) groups excluding carboxylic acids is 2. The summed E-state index contributed by atoms with van der Waals surface area (Å²) >= 11 is 5.77. The van der Waals surface area contributed by atoms with E-state index in [1.54, 1.807) is 18.2 Å². The van der Waals surface area contributed by atoms with Crippen molar-refractivity contribution < 1.29 is 23.1 Å². The Bertz CT molecular complexity index is 1230. The van der Waals surface area contributed by atoms with Crippen LogP contribution in [0, 0.1) is 5.82 Å². The molecule has 6 heteroatoms. The third kappa shape index (κ3) is 4.73. The van der Waals surface area contributed by atoms with Gasteiger partial charge in [-0.25, -0.2) is 9.18 Å². The summed E-state index contributed by atoms with van der Waals surface area (Å²) in [4.78, 5) is 24.6. The van der Waals surface area contributed by atoms with Crippen LogP contribution < -0.4 is 0 Å². The van der Waals surface area contributed by atoms with Crippen LogP contribution in [0.15, 0.2) is 89.3 Å². The van der Waals surface area contributed by atoms with Crippen LogP contribution in [-0.2, 0) is 4.74 Å². The van der Waals surface area contributed by atoms with Gasteiger partial charge in [-0.1, -0.05) is 66.2 Å². The lowest BCUT2D eigenvalue weighted by Gasteiger charge is -2.05. The highest BCUT2D eigenvalue weighted by molar-refractivity contribution is 6.31. The van der Waals surface area contributed by atoms with E-state index in [0.717, 1.165) is 11.1 Å². The molecule has 0 unspecified atom stereocenters. The van der Waals surface area contributed by atoms with Gasteiger partial charge in [-0.15, -0.1) is 0 Å². The summed E-state index contributed by atoms with van der Waals surface area (Å²) in [5.74, 6) is -1.38. The zero-order chi connectivity index (χ0) is 21.8. The van der Waals surface area contributed by atoms with Crippen molar-refractivity contribution in [3.8, 4) is 22.5 Å². The molecule has 31 heavy (non-hydrogen) atoms. The molecule has 4 nitrogen and oxygen atoms in total. The van der Waals surface area contributed by atoms with Crippen LogP contribution in [0.4, 0.5) is 4.39 Å². The molecule has 0 aliphatic heterocycles. The highest BCUT2D eigenvalue weighted by Gasteiger charge is 2.17. The number of esters is 1.